The zero-order chi connectivity index (χ0) is 20.4. The standard InChI is InChI=1S/C21H21N5O3/c1-14-11-15(2)26(24-14)19-8-7-16(12-22-19)13-23-20(27)9-10-25-17-5-3-4-6-18(17)29-21(25)28/h3-8,11-12H,9-10,13H2,1-2H3,(H,23,27). The molecule has 0 fully saturated rings. The zero-order valence-electron chi connectivity index (χ0n) is 16.3. The van der Waals surface area contributed by atoms with E-state index in [2.05, 4.69) is 15.4 Å². The lowest BCUT2D eigenvalue weighted by Crippen LogP contribution is -2.25. The average molecular weight is 391 g/mol. The van der Waals surface area contributed by atoms with E-state index in [4.69, 9.17) is 4.42 Å². The van der Waals surface area contributed by atoms with E-state index < -0.39 is 5.76 Å². The van der Waals surface area contributed by atoms with Gasteiger partial charge in [0.15, 0.2) is 11.4 Å². The van der Waals surface area contributed by atoms with Gasteiger partial charge in [-0.15, -0.1) is 0 Å². The van der Waals surface area contributed by atoms with E-state index in [1.807, 2.05) is 38.1 Å². The van der Waals surface area contributed by atoms with Gasteiger partial charge in [-0.1, -0.05) is 18.2 Å². The van der Waals surface area contributed by atoms with Crippen molar-refractivity contribution in [1.82, 2.24) is 24.6 Å². The van der Waals surface area contributed by atoms with Gasteiger partial charge in [0.2, 0.25) is 5.91 Å². The first-order valence-electron chi connectivity index (χ1n) is 9.35. The van der Waals surface area contributed by atoms with Crippen LogP contribution in [0.3, 0.4) is 0 Å². The highest BCUT2D eigenvalue weighted by molar-refractivity contribution is 5.76. The summed E-state index contributed by atoms with van der Waals surface area (Å²) in [7, 11) is 0. The average Bonchev–Trinajstić information content (AvgIpc) is 3.22. The molecule has 0 aliphatic rings. The summed E-state index contributed by atoms with van der Waals surface area (Å²) in [6.07, 6.45) is 1.90. The molecule has 0 aliphatic carbocycles. The Labute approximate surface area is 166 Å². The quantitative estimate of drug-likeness (QED) is 0.545. The van der Waals surface area contributed by atoms with Crippen molar-refractivity contribution in [2.24, 2.45) is 0 Å². The number of aromatic nitrogens is 4. The molecule has 1 N–H and O–H groups in total. The number of fused-ring (bicyclic) bond motifs is 1. The summed E-state index contributed by atoms with van der Waals surface area (Å²) in [4.78, 5) is 28.6. The first-order chi connectivity index (χ1) is 14.0. The summed E-state index contributed by atoms with van der Waals surface area (Å²) in [5.74, 6) is 0.129. The molecule has 0 unspecified atom stereocenters. The summed E-state index contributed by atoms with van der Waals surface area (Å²) in [5, 5.41) is 7.27. The van der Waals surface area contributed by atoms with Gasteiger partial charge in [-0.25, -0.2) is 14.5 Å². The molecular weight excluding hydrogens is 370 g/mol. The minimum atomic E-state index is -0.456. The number of carbonyl (C=O) groups is 1. The molecule has 4 aromatic rings. The van der Waals surface area contributed by atoms with Gasteiger partial charge in [0, 0.05) is 31.4 Å². The summed E-state index contributed by atoms with van der Waals surface area (Å²) in [6.45, 7) is 4.54. The predicted octanol–water partition coefficient (Wildman–Crippen LogP) is 2.50. The molecule has 0 saturated carbocycles. The van der Waals surface area contributed by atoms with Crippen molar-refractivity contribution in [3.8, 4) is 5.82 Å². The Morgan fingerprint density at radius 3 is 2.72 bits per heavy atom. The molecule has 0 radical (unpaired) electrons. The van der Waals surface area contributed by atoms with Crippen LogP contribution < -0.4 is 11.1 Å². The summed E-state index contributed by atoms with van der Waals surface area (Å²) < 4.78 is 8.43. The molecule has 0 bridgehead atoms. The SMILES string of the molecule is Cc1cc(C)n(-c2ccc(CNC(=O)CCn3c(=O)oc4ccccc43)cn2)n1. The number of nitrogens with one attached hydrogen (secondary N) is 1. The van der Waals surface area contributed by atoms with Crippen LogP contribution in [-0.2, 0) is 17.9 Å². The summed E-state index contributed by atoms with van der Waals surface area (Å²) >= 11 is 0. The maximum Gasteiger partial charge on any atom is 0.419 e. The Kier molecular flexibility index (Phi) is 4.99. The van der Waals surface area contributed by atoms with E-state index in [1.165, 1.54) is 4.57 Å². The number of oxazole rings is 1. The van der Waals surface area contributed by atoms with E-state index >= 15 is 0 Å². The number of hydrogen-bond acceptors (Lipinski definition) is 5. The molecule has 29 heavy (non-hydrogen) atoms. The molecule has 0 spiro atoms. The number of carbonyl (C=O) groups excluding carboxylic acids is 1. The van der Waals surface area contributed by atoms with Crippen molar-refractivity contribution in [2.75, 3.05) is 0 Å². The molecule has 3 heterocycles. The first-order valence-corrected chi connectivity index (χ1v) is 9.35. The van der Waals surface area contributed by atoms with Crippen molar-refractivity contribution in [2.45, 2.75) is 33.4 Å². The van der Waals surface area contributed by atoms with Crippen LogP contribution in [0.1, 0.15) is 23.4 Å². The summed E-state index contributed by atoms with van der Waals surface area (Å²) in [6, 6.07) is 12.9. The van der Waals surface area contributed by atoms with E-state index in [1.54, 1.807) is 29.1 Å². The van der Waals surface area contributed by atoms with Gasteiger partial charge in [0.05, 0.1) is 11.2 Å². The highest BCUT2D eigenvalue weighted by Gasteiger charge is 2.10. The fraction of sp³-hybridized carbons (Fsp3) is 0.238. The molecule has 0 atom stereocenters. The van der Waals surface area contributed by atoms with E-state index in [0.717, 1.165) is 22.8 Å². The number of benzene rings is 1. The predicted molar refractivity (Wildman–Crippen MR) is 108 cm³/mol. The Hall–Kier alpha value is -3.68. The van der Waals surface area contributed by atoms with Crippen LogP contribution >= 0.6 is 0 Å². The molecule has 4 rings (SSSR count). The highest BCUT2D eigenvalue weighted by Crippen LogP contribution is 2.12. The third-order valence-corrected chi connectivity index (χ3v) is 4.66. The van der Waals surface area contributed by atoms with Crippen LogP contribution in [0.5, 0.6) is 0 Å². The van der Waals surface area contributed by atoms with Crippen molar-refractivity contribution >= 4 is 17.0 Å². The molecule has 0 saturated heterocycles. The van der Waals surface area contributed by atoms with Crippen molar-refractivity contribution in [1.29, 1.82) is 0 Å². The van der Waals surface area contributed by atoms with Gasteiger partial charge < -0.3 is 9.73 Å². The van der Waals surface area contributed by atoms with E-state index in [-0.39, 0.29) is 18.9 Å². The number of amides is 1. The fourth-order valence-corrected chi connectivity index (χ4v) is 3.24. The number of hydrogen-bond donors (Lipinski definition) is 1. The monoisotopic (exact) mass is 391 g/mol. The van der Waals surface area contributed by atoms with Crippen LogP contribution in [0.2, 0.25) is 0 Å². The van der Waals surface area contributed by atoms with Gasteiger partial charge in [-0.2, -0.15) is 5.10 Å². The van der Waals surface area contributed by atoms with Crippen molar-refractivity contribution in [3.05, 3.63) is 76.2 Å². The van der Waals surface area contributed by atoms with Crippen LogP contribution in [0.15, 0.2) is 57.9 Å². The van der Waals surface area contributed by atoms with Gasteiger partial charge >= 0.3 is 5.76 Å². The summed E-state index contributed by atoms with van der Waals surface area (Å²) in [5.41, 5.74) is 4.04. The Morgan fingerprint density at radius 2 is 2.00 bits per heavy atom. The van der Waals surface area contributed by atoms with Gasteiger partial charge in [0.1, 0.15) is 0 Å². The lowest BCUT2D eigenvalue weighted by atomic mass is 10.2. The third kappa shape index (κ3) is 3.96. The minimum Gasteiger partial charge on any atom is -0.408 e. The van der Waals surface area contributed by atoms with Crippen molar-refractivity contribution < 1.29 is 9.21 Å². The Morgan fingerprint density at radius 1 is 1.17 bits per heavy atom. The van der Waals surface area contributed by atoms with Crippen molar-refractivity contribution in [3.63, 3.8) is 0 Å². The number of aryl methyl sites for hydroxylation is 3. The molecular formula is C21H21N5O3. The molecule has 8 nitrogen and oxygen atoms in total. The topological polar surface area (TPSA) is 95.0 Å². The largest absolute Gasteiger partial charge is 0.419 e. The lowest BCUT2D eigenvalue weighted by Gasteiger charge is -2.07. The lowest BCUT2D eigenvalue weighted by molar-refractivity contribution is -0.121. The second-order valence-electron chi connectivity index (χ2n) is 6.88. The fourth-order valence-electron chi connectivity index (χ4n) is 3.24. The van der Waals surface area contributed by atoms with Crippen LogP contribution in [0, 0.1) is 13.8 Å². The molecule has 148 valence electrons. The maximum absolute atomic E-state index is 12.2. The van der Waals surface area contributed by atoms with Gasteiger partial charge in [0.25, 0.3) is 0 Å². The minimum absolute atomic E-state index is 0.148. The molecule has 1 aromatic carbocycles. The van der Waals surface area contributed by atoms with Gasteiger partial charge in [-0.05, 0) is 43.7 Å². The van der Waals surface area contributed by atoms with E-state index in [9.17, 15) is 9.59 Å². The van der Waals surface area contributed by atoms with Crippen LogP contribution in [-0.4, -0.2) is 25.2 Å². The van der Waals surface area contributed by atoms with E-state index in [0.29, 0.717) is 17.6 Å². The van der Waals surface area contributed by atoms with Crippen LogP contribution in [0.25, 0.3) is 16.9 Å². The molecule has 3 aromatic heterocycles. The molecule has 0 aliphatic heterocycles. The third-order valence-electron chi connectivity index (χ3n) is 4.66. The van der Waals surface area contributed by atoms with Crippen LogP contribution in [0.4, 0.5) is 0 Å². The zero-order valence-corrected chi connectivity index (χ0v) is 16.3. The number of para-hydroxylation sites is 2. The first kappa shape index (κ1) is 18.7. The second kappa shape index (κ2) is 7.75. The highest BCUT2D eigenvalue weighted by atomic mass is 16.4. The number of nitrogens with zero attached hydrogens (tertiary/aromatic N) is 4. The molecule has 1 amide bonds. The second-order valence-corrected chi connectivity index (χ2v) is 6.88. The Bertz CT molecular complexity index is 1220. The van der Waals surface area contributed by atoms with Gasteiger partial charge in [-0.3, -0.25) is 9.36 Å². The maximum atomic E-state index is 12.2. The number of rotatable bonds is 6. The number of pyridine rings is 1. The normalized spacial score (nSPS) is 11.1. The Balaban J connectivity index is 1.34. The smallest absolute Gasteiger partial charge is 0.408 e. The molecule has 8 heteroatoms.